The minimum Gasteiger partial charge on any atom is -0.337 e. The number of hydrogen-bond acceptors (Lipinski definition) is 1. The Morgan fingerprint density at radius 2 is 2.08 bits per heavy atom. The van der Waals surface area contributed by atoms with Crippen LogP contribution in [0, 0.1) is 11.3 Å². The van der Waals surface area contributed by atoms with E-state index >= 15 is 0 Å². The number of aromatic nitrogens is 2. The molecule has 0 saturated carbocycles. The van der Waals surface area contributed by atoms with E-state index in [1.54, 1.807) is 0 Å². The molecule has 2 nitrogen and oxygen atoms in total. The summed E-state index contributed by atoms with van der Waals surface area (Å²) in [5.74, 6) is 0.724. The van der Waals surface area contributed by atoms with Crippen LogP contribution in [0.1, 0.15) is 34.1 Å². The molecule has 1 aromatic heterocycles. The summed E-state index contributed by atoms with van der Waals surface area (Å²) in [5.41, 5.74) is 0.388. The fourth-order valence-corrected chi connectivity index (χ4v) is 1.66. The molecule has 1 heterocycles. The molecule has 0 spiro atoms. The van der Waals surface area contributed by atoms with E-state index in [4.69, 9.17) is 0 Å². The molecule has 0 saturated heterocycles. The molecule has 0 bridgehead atoms. The predicted octanol–water partition coefficient (Wildman–Crippen LogP) is 2.96. The average Bonchev–Trinajstić information content (AvgIpc) is 2.49. The topological polar surface area (TPSA) is 17.8 Å². The highest BCUT2D eigenvalue weighted by atomic mass is 15.0. The first-order chi connectivity index (χ1) is 6.04. The molecule has 1 aromatic rings. The van der Waals surface area contributed by atoms with Crippen LogP contribution in [-0.4, -0.2) is 9.55 Å². The standard InChI is InChI=1S/C11H20N2/c1-5-10(11(2,3)4)8-13-7-6-12-9-13/h6-7,9-10H,5,8H2,1-4H3. The maximum absolute atomic E-state index is 4.05. The molecule has 0 radical (unpaired) electrons. The first-order valence-electron chi connectivity index (χ1n) is 4.99. The van der Waals surface area contributed by atoms with Crippen LogP contribution in [-0.2, 0) is 6.54 Å². The van der Waals surface area contributed by atoms with Crippen molar-refractivity contribution >= 4 is 0 Å². The lowest BCUT2D eigenvalue weighted by atomic mass is 9.79. The zero-order valence-corrected chi connectivity index (χ0v) is 9.12. The van der Waals surface area contributed by atoms with E-state index in [0.29, 0.717) is 5.41 Å². The summed E-state index contributed by atoms with van der Waals surface area (Å²) in [6.07, 6.45) is 7.00. The Labute approximate surface area is 81.0 Å². The zero-order chi connectivity index (χ0) is 9.90. The van der Waals surface area contributed by atoms with Crippen LogP contribution in [0.3, 0.4) is 0 Å². The Morgan fingerprint density at radius 3 is 2.46 bits per heavy atom. The van der Waals surface area contributed by atoms with Gasteiger partial charge in [0, 0.05) is 18.9 Å². The zero-order valence-electron chi connectivity index (χ0n) is 9.12. The summed E-state index contributed by atoms with van der Waals surface area (Å²) in [7, 11) is 0. The summed E-state index contributed by atoms with van der Waals surface area (Å²) in [4.78, 5) is 4.05. The Morgan fingerprint density at radius 1 is 1.38 bits per heavy atom. The van der Waals surface area contributed by atoms with Crippen molar-refractivity contribution in [2.45, 2.75) is 40.7 Å². The van der Waals surface area contributed by atoms with Crippen molar-refractivity contribution in [1.82, 2.24) is 9.55 Å². The molecule has 1 atom stereocenters. The molecule has 13 heavy (non-hydrogen) atoms. The molecule has 0 fully saturated rings. The largest absolute Gasteiger partial charge is 0.337 e. The second-order valence-electron chi connectivity index (χ2n) is 4.73. The van der Waals surface area contributed by atoms with Gasteiger partial charge in [-0.2, -0.15) is 0 Å². The Kier molecular flexibility index (Phi) is 3.12. The molecule has 2 heteroatoms. The molecule has 0 amide bonds. The van der Waals surface area contributed by atoms with Crippen LogP contribution in [0.15, 0.2) is 18.7 Å². The molecule has 74 valence electrons. The number of nitrogens with zero attached hydrogens (tertiary/aromatic N) is 2. The van der Waals surface area contributed by atoms with Crippen LogP contribution in [0.4, 0.5) is 0 Å². The van der Waals surface area contributed by atoms with Gasteiger partial charge in [0.2, 0.25) is 0 Å². The van der Waals surface area contributed by atoms with Crippen LogP contribution in [0.2, 0.25) is 0 Å². The van der Waals surface area contributed by atoms with Gasteiger partial charge in [-0.1, -0.05) is 34.1 Å². The minimum atomic E-state index is 0.388. The van der Waals surface area contributed by atoms with Crippen molar-refractivity contribution in [3.8, 4) is 0 Å². The van der Waals surface area contributed by atoms with Gasteiger partial charge in [-0.25, -0.2) is 4.98 Å². The van der Waals surface area contributed by atoms with Crippen LogP contribution < -0.4 is 0 Å². The van der Waals surface area contributed by atoms with Crippen molar-refractivity contribution in [2.75, 3.05) is 0 Å². The van der Waals surface area contributed by atoms with Gasteiger partial charge in [0.15, 0.2) is 0 Å². The fraction of sp³-hybridized carbons (Fsp3) is 0.727. The second kappa shape index (κ2) is 3.95. The number of hydrogen-bond donors (Lipinski definition) is 0. The maximum atomic E-state index is 4.05. The Hall–Kier alpha value is -0.790. The SMILES string of the molecule is CCC(Cn1ccnc1)C(C)(C)C. The normalized spacial score (nSPS) is 14.5. The summed E-state index contributed by atoms with van der Waals surface area (Å²) in [5, 5.41) is 0. The van der Waals surface area contributed by atoms with E-state index < -0.39 is 0 Å². The highest BCUT2D eigenvalue weighted by Crippen LogP contribution is 2.29. The van der Waals surface area contributed by atoms with Crippen molar-refractivity contribution in [2.24, 2.45) is 11.3 Å². The quantitative estimate of drug-likeness (QED) is 0.699. The molecule has 0 aliphatic carbocycles. The van der Waals surface area contributed by atoms with Crippen molar-refractivity contribution in [3.63, 3.8) is 0 Å². The van der Waals surface area contributed by atoms with Crippen molar-refractivity contribution < 1.29 is 0 Å². The number of rotatable bonds is 3. The van der Waals surface area contributed by atoms with E-state index in [0.717, 1.165) is 12.5 Å². The summed E-state index contributed by atoms with van der Waals surface area (Å²) in [6, 6.07) is 0. The highest BCUT2D eigenvalue weighted by molar-refractivity contribution is 4.79. The van der Waals surface area contributed by atoms with Gasteiger partial charge in [-0.3, -0.25) is 0 Å². The third-order valence-electron chi connectivity index (χ3n) is 2.71. The Balaban J connectivity index is 2.60. The van der Waals surface area contributed by atoms with Crippen molar-refractivity contribution in [1.29, 1.82) is 0 Å². The van der Waals surface area contributed by atoms with Gasteiger partial charge in [-0.15, -0.1) is 0 Å². The smallest absolute Gasteiger partial charge is 0.0945 e. The first kappa shape index (κ1) is 10.3. The van der Waals surface area contributed by atoms with Crippen LogP contribution >= 0.6 is 0 Å². The molecular formula is C11H20N2. The molecule has 1 unspecified atom stereocenters. The van der Waals surface area contributed by atoms with Gasteiger partial charge in [0.25, 0.3) is 0 Å². The van der Waals surface area contributed by atoms with E-state index in [9.17, 15) is 0 Å². The number of imidazole rings is 1. The van der Waals surface area contributed by atoms with E-state index in [1.165, 1.54) is 6.42 Å². The molecular weight excluding hydrogens is 160 g/mol. The first-order valence-corrected chi connectivity index (χ1v) is 4.99. The van der Waals surface area contributed by atoms with Crippen LogP contribution in [0.25, 0.3) is 0 Å². The predicted molar refractivity (Wildman–Crippen MR) is 55.5 cm³/mol. The van der Waals surface area contributed by atoms with Gasteiger partial charge in [-0.05, 0) is 11.3 Å². The lowest BCUT2D eigenvalue weighted by molar-refractivity contribution is 0.205. The van der Waals surface area contributed by atoms with E-state index in [2.05, 4.69) is 37.2 Å². The van der Waals surface area contributed by atoms with Gasteiger partial charge in [0.05, 0.1) is 6.33 Å². The third-order valence-corrected chi connectivity index (χ3v) is 2.71. The Bertz CT molecular complexity index is 231. The minimum absolute atomic E-state index is 0.388. The summed E-state index contributed by atoms with van der Waals surface area (Å²) < 4.78 is 2.17. The highest BCUT2D eigenvalue weighted by Gasteiger charge is 2.22. The van der Waals surface area contributed by atoms with Crippen molar-refractivity contribution in [3.05, 3.63) is 18.7 Å². The molecule has 0 aliphatic heterocycles. The summed E-state index contributed by atoms with van der Waals surface area (Å²) in [6.45, 7) is 10.3. The fourth-order valence-electron chi connectivity index (χ4n) is 1.66. The molecule has 0 N–H and O–H groups in total. The summed E-state index contributed by atoms with van der Waals surface area (Å²) >= 11 is 0. The molecule has 0 aliphatic rings. The second-order valence-corrected chi connectivity index (χ2v) is 4.73. The van der Waals surface area contributed by atoms with E-state index in [-0.39, 0.29) is 0 Å². The van der Waals surface area contributed by atoms with Gasteiger partial charge in [0.1, 0.15) is 0 Å². The monoisotopic (exact) mass is 180 g/mol. The average molecular weight is 180 g/mol. The maximum Gasteiger partial charge on any atom is 0.0945 e. The lowest BCUT2D eigenvalue weighted by Crippen LogP contribution is -2.24. The molecule has 1 rings (SSSR count). The molecule has 0 aromatic carbocycles. The third kappa shape index (κ3) is 2.87. The van der Waals surface area contributed by atoms with Gasteiger partial charge < -0.3 is 4.57 Å². The lowest BCUT2D eigenvalue weighted by Gasteiger charge is -2.29. The van der Waals surface area contributed by atoms with Gasteiger partial charge >= 0.3 is 0 Å². The van der Waals surface area contributed by atoms with E-state index in [1.807, 2.05) is 18.7 Å². The van der Waals surface area contributed by atoms with Crippen LogP contribution in [0.5, 0.6) is 0 Å².